The lowest BCUT2D eigenvalue weighted by molar-refractivity contribution is -0.115. The van der Waals surface area contributed by atoms with Crippen molar-refractivity contribution >= 4 is 23.5 Å². The second-order valence-electron chi connectivity index (χ2n) is 4.12. The van der Waals surface area contributed by atoms with Crippen molar-refractivity contribution < 1.29 is 4.79 Å². The molecule has 1 aromatic heterocycles. The van der Waals surface area contributed by atoms with Crippen molar-refractivity contribution in [1.29, 1.82) is 0 Å². The summed E-state index contributed by atoms with van der Waals surface area (Å²) in [5, 5.41) is 2.80. The molecule has 0 aliphatic carbocycles. The predicted molar refractivity (Wildman–Crippen MR) is 72.7 cm³/mol. The number of hydrogen-bond acceptors (Lipinski definition) is 3. The molecule has 1 aliphatic rings. The second kappa shape index (κ2) is 4.82. The topological polar surface area (TPSA) is 42.0 Å². The van der Waals surface area contributed by atoms with E-state index in [1.165, 1.54) is 10.5 Å². The number of nitrogens with zero attached hydrogens (tertiary/aromatic N) is 1. The summed E-state index contributed by atoms with van der Waals surface area (Å²) >= 11 is 1.62. The lowest BCUT2D eigenvalue weighted by atomic mass is 10.1. The Balaban J connectivity index is 1.70. The molecule has 1 amide bonds. The van der Waals surface area contributed by atoms with Crippen LogP contribution in [0.2, 0.25) is 0 Å². The Morgan fingerprint density at radius 1 is 1.22 bits per heavy atom. The van der Waals surface area contributed by atoms with Crippen LogP contribution in [0, 0.1) is 0 Å². The summed E-state index contributed by atoms with van der Waals surface area (Å²) in [4.78, 5) is 17.4. The van der Waals surface area contributed by atoms with Gasteiger partial charge in [-0.25, -0.2) is 4.98 Å². The predicted octanol–water partition coefficient (Wildman–Crippen LogP) is 2.74. The van der Waals surface area contributed by atoms with Crippen molar-refractivity contribution in [3.63, 3.8) is 0 Å². The Hall–Kier alpha value is -1.81. The van der Waals surface area contributed by atoms with Gasteiger partial charge in [-0.15, -0.1) is 11.8 Å². The fourth-order valence-electron chi connectivity index (χ4n) is 1.97. The van der Waals surface area contributed by atoms with E-state index in [-0.39, 0.29) is 11.2 Å². The molecule has 4 heteroatoms. The average molecular weight is 256 g/mol. The largest absolute Gasteiger partial charge is 0.310 e. The molecule has 2 heterocycles. The molecular formula is C14H12N2OS. The van der Waals surface area contributed by atoms with E-state index in [2.05, 4.69) is 22.4 Å². The molecule has 0 bridgehead atoms. The highest BCUT2D eigenvalue weighted by Gasteiger charge is 2.27. The minimum atomic E-state index is -0.0515. The Labute approximate surface area is 110 Å². The zero-order chi connectivity index (χ0) is 12.4. The van der Waals surface area contributed by atoms with E-state index in [9.17, 15) is 4.79 Å². The first-order chi connectivity index (χ1) is 8.83. The number of rotatable bonds is 2. The maximum Gasteiger partial charge on any atom is 0.239 e. The van der Waals surface area contributed by atoms with Gasteiger partial charge in [0.1, 0.15) is 5.82 Å². The van der Waals surface area contributed by atoms with Crippen LogP contribution in [-0.2, 0) is 11.2 Å². The molecule has 1 aromatic carbocycles. The molecule has 90 valence electrons. The van der Waals surface area contributed by atoms with Crippen molar-refractivity contribution in [2.45, 2.75) is 16.6 Å². The fraction of sp³-hybridized carbons (Fsp3) is 0.143. The minimum Gasteiger partial charge on any atom is -0.310 e. The number of nitrogens with one attached hydrogen (secondary N) is 1. The molecule has 2 aromatic rings. The van der Waals surface area contributed by atoms with E-state index in [1.54, 1.807) is 24.0 Å². The summed E-state index contributed by atoms with van der Waals surface area (Å²) in [5.41, 5.74) is 1.25. The molecule has 0 saturated heterocycles. The van der Waals surface area contributed by atoms with Gasteiger partial charge in [-0.3, -0.25) is 4.79 Å². The van der Waals surface area contributed by atoms with Crippen LogP contribution in [-0.4, -0.2) is 16.1 Å². The van der Waals surface area contributed by atoms with E-state index in [1.807, 2.05) is 24.3 Å². The number of hydrogen-bond donors (Lipinski definition) is 1. The Kier molecular flexibility index (Phi) is 3.02. The Morgan fingerprint density at radius 3 is 2.83 bits per heavy atom. The summed E-state index contributed by atoms with van der Waals surface area (Å²) in [7, 11) is 0. The second-order valence-corrected chi connectivity index (χ2v) is 5.37. The molecule has 0 unspecified atom stereocenters. The number of aromatic nitrogens is 1. The molecule has 1 N–H and O–H groups in total. The van der Waals surface area contributed by atoms with Crippen molar-refractivity contribution in [2.24, 2.45) is 0 Å². The lowest BCUT2D eigenvalue weighted by Gasteiger charge is -2.08. The van der Waals surface area contributed by atoms with Gasteiger partial charge in [0.2, 0.25) is 5.91 Å². The zero-order valence-electron chi connectivity index (χ0n) is 9.67. The maximum absolute atomic E-state index is 12.1. The highest BCUT2D eigenvalue weighted by Crippen LogP contribution is 2.37. The fourth-order valence-corrected chi connectivity index (χ4v) is 3.17. The number of carbonyl (C=O) groups is 1. The molecular weight excluding hydrogens is 244 g/mol. The van der Waals surface area contributed by atoms with Gasteiger partial charge < -0.3 is 5.32 Å². The normalized spacial score (nSPS) is 17.2. The van der Waals surface area contributed by atoms with Crippen LogP contribution in [0.25, 0.3) is 0 Å². The van der Waals surface area contributed by atoms with Crippen molar-refractivity contribution in [2.75, 3.05) is 5.32 Å². The van der Waals surface area contributed by atoms with Gasteiger partial charge in [-0.2, -0.15) is 0 Å². The molecule has 0 saturated carbocycles. The van der Waals surface area contributed by atoms with E-state index in [4.69, 9.17) is 0 Å². The van der Waals surface area contributed by atoms with Crippen LogP contribution >= 0.6 is 11.8 Å². The molecule has 0 fully saturated rings. The maximum atomic E-state index is 12.1. The number of thioether (sulfide) groups is 1. The van der Waals surface area contributed by atoms with Gasteiger partial charge in [0.15, 0.2) is 0 Å². The van der Waals surface area contributed by atoms with Crippen LogP contribution in [0.1, 0.15) is 5.56 Å². The van der Waals surface area contributed by atoms with Crippen LogP contribution in [0.3, 0.4) is 0 Å². The van der Waals surface area contributed by atoms with Crippen molar-refractivity contribution in [1.82, 2.24) is 4.98 Å². The molecule has 1 atom stereocenters. The van der Waals surface area contributed by atoms with Crippen LogP contribution in [0.4, 0.5) is 5.82 Å². The van der Waals surface area contributed by atoms with Crippen LogP contribution < -0.4 is 5.32 Å². The minimum absolute atomic E-state index is 0.0231. The monoisotopic (exact) mass is 256 g/mol. The van der Waals surface area contributed by atoms with Crippen LogP contribution in [0.5, 0.6) is 0 Å². The Bertz CT molecular complexity index is 546. The SMILES string of the molecule is O=C(Nc1ccccn1)[C@H]1Cc2ccccc2S1. The van der Waals surface area contributed by atoms with E-state index in [0.29, 0.717) is 5.82 Å². The average Bonchev–Trinajstić information content (AvgIpc) is 2.84. The zero-order valence-corrected chi connectivity index (χ0v) is 10.5. The summed E-state index contributed by atoms with van der Waals surface area (Å²) in [6.07, 6.45) is 2.46. The van der Waals surface area contributed by atoms with Crippen LogP contribution in [0.15, 0.2) is 53.6 Å². The first-order valence-corrected chi connectivity index (χ1v) is 6.67. The van der Waals surface area contributed by atoms with Crippen molar-refractivity contribution in [3.05, 3.63) is 54.2 Å². The van der Waals surface area contributed by atoms with Gasteiger partial charge in [0.25, 0.3) is 0 Å². The molecule has 0 spiro atoms. The van der Waals surface area contributed by atoms with Gasteiger partial charge in [0.05, 0.1) is 5.25 Å². The number of fused-ring (bicyclic) bond motifs is 1. The first-order valence-electron chi connectivity index (χ1n) is 5.79. The number of carbonyl (C=O) groups excluding carboxylic acids is 1. The number of benzene rings is 1. The van der Waals surface area contributed by atoms with Gasteiger partial charge in [-0.1, -0.05) is 24.3 Å². The third-order valence-electron chi connectivity index (χ3n) is 2.86. The number of amides is 1. The van der Waals surface area contributed by atoms with Gasteiger partial charge in [-0.05, 0) is 30.2 Å². The third-order valence-corrected chi connectivity index (χ3v) is 4.17. The van der Waals surface area contributed by atoms with E-state index < -0.39 is 0 Å². The summed E-state index contributed by atoms with van der Waals surface area (Å²) in [6.45, 7) is 0. The van der Waals surface area contributed by atoms with Crippen molar-refractivity contribution in [3.8, 4) is 0 Å². The third kappa shape index (κ3) is 2.24. The smallest absolute Gasteiger partial charge is 0.239 e. The molecule has 18 heavy (non-hydrogen) atoms. The lowest BCUT2D eigenvalue weighted by Crippen LogP contribution is -2.25. The summed E-state index contributed by atoms with van der Waals surface area (Å²) in [6, 6.07) is 13.6. The Morgan fingerprint density at radius 2 is 2.06 bits per heavy atom. The standard InChI is InChI=1S/C14H12N2OS/c17-14(16-13-7-3-4-8-15-13)12-9-10-5-1-2-6-11(10)18-12/h1-8,12H,9H2,(H,15,16,17)/t12-/m1/s1. The number of anilines is 1. The summed E-state index contributed by atoms with van der Waals surface area (Å²) in [5.74, 6) is 0.633. The van der Waals surface area contributed by atoms with Gasteiger partial charge >= 0.3 is 0 Å². The first kappa shape index (κ1) is 11.3. The quantitative estimate of drug-likeness (QED) is 0.898. The highest BCUT2D eigenvalue weighted by atomic mass is 32.2. The molecule has 3 rings (SSSR count). The van der Waals surface area contributed by atoms with E-state index in [0.717, 1.165) is 6.42 Å². The summed E-state index contributed by atoms with van der Waals surface area (Å²) < 4.78 is 0. The van der Waals surface area contributed by atoms with Gasteiger partial charge in [0, 0.05) is 11.1 Å². The molecule has 1 aliphatic heterocycles. The van der Waals surface area contributed by atoms with E-state index >= 15 is 0 Å². The molecule has 0 radical (unpaired) electrons. The highest BCUT2D eigenvalue weighted by molar-refractivity contribution is 8.01. The number of pyridine rings is 1. The molecule has 3 nitrogen and oxygen atoms in total.